The van der Waals surface area contributed by atoms with Crippen molar-refractivity contribution in [1.29, 1.82) is 0 Å². The number of nitrogens with two attached hydrogens (primary N) is 2. The van der Waals surface area contributed by atoms with E-state index >= 15 is 0 Å². The summed E-state index contributed by atoms with van der Waals surface area (Å²) in [7, 11) is 0. The van der Waals surface area contributed by atoms with Gasteiger partial charge in [-0.05, 0) is 28.1 Å². The first-order chi connectivity index (χ1) is 13.9. The third kappa shape index (κ3) is 5.92. The summed E-state index contributed by atoms with van der Waals surface area (Å²) < 4.78 is 0.497. The number of aliphatic hydroxyl groups excluding tert-OH is 2. The molecule has 6 N–H and O–H groups in total. The predicted molar refractivity (Wildman–Crippen MR) is 113 cm³/mol. The highest BCUT2D eigenvalue weighted by Gasteiger charge is 2.09. The maximum atomic E-state index is 11.3. The molecule has 150 valence electrons. The Kier molecular flexibility index (Phi) is 7.96. The van der Waals surface area contributed by atoms with Crippen LogP contribution in [0.15, 0.2) is 59.5 Å². The number of pyridine rings is 2. The predicted octanol–water partition coefficient (Wildman–Crippen LogP) is 2.11. The van der Waals surface area contributed by atoms with E-state index in [0.717, 1.165) is 5.56 Å². The molecule has 0 saturated heterocycles. The molecule has 8 nitrogen and oxygen atoms in total. The molecule has 29 heavy (non-hydrogen) atoms. The Hall–Kier alpha value is -3.14. The largest absolute Gasteiger partial charge is 0.397 e. The molecule has 0 unspecified atom stereocenters. The lowest BCUT2D eigenvalue weighted by Crippen LogP contribution is -2.06. The van der Waals surface area contributed by atoms with Crippen molar-refractivity contribution in [1.82, 2.24) is 9.97 Å². The summed E-state index contributed by atoms with van der Waals surface area (Å²) in [5, 5.41) is 17.3. The number of halogens is 1. The van der Waals surface area contributed by atoms with Crippen LogP contribution in [0.5, 0.6) is 0 Å². The number of anilines is 2. The van der Waals surface area contributed by atoms with Gasteiger partial charge in [0.1, 0.15) is 17.8 Å². The van der Waals surface area contributed by atoms with Gasteiger partial charge >= 0.3 is 0 Å². The van der Waals surface area contributed by atoms with Crippen molar-refractivity contribution in [2.24, 2.45) is 0 Å². The number of aromatic nitrogens is 2. The number of nitrogen functional groups attached to an aromatic ring is 2. The molecule has 0 aliphatic heterocycles. The highest BCUT2D eigenvalue weighted by molar-refractivity contribution is 9.10. The second kappa shape index (κ2) is 10.4. The van der Waals surface area contributed by atoms with Crippen LogP contribution in [0.2, 0.25) is 0 Å². The maximum Gasteiger partial charge on any atom is 0.189 e. The summed E-state index contributed by atoms with van der Waals surface area (Å²) in [6.07, 6.45) is 2.79. The average Bonchev–Trinajstić information content (AvgIpc) is 2.75. The van der Waals surface area contributed by atoms with E-state index in [0.29, 0.717) is 32.8 Å². The first kappa shape index (κ1) is 22.2. The third-order valence-electron chi connectivity index (χ3n) is 3.76. The lowest BCUT2D eigenvalue weighted by Gasteiger charge is -2.06. The van der Waals surface area contributed by atoms with Gasteiger partial charge in [0, 0.05) is 29.1 Å². The van der Waals surface area contributed by atoms with Gasteiger partial charge in [-0.1, -0.05) is 30.3 Å². The van der Waals surface area contributed by atoms with Crippen LogP contribution in [0, 0.1) is 0 Å². The standard InChI is InChI=1S/C13H12N2O2.C7H7BrN2O2/c14-11-6-10(12(17)8-16)7-15-13(11)9-4-2-1-3-5-9;8-7-5(9)1-4(2-10-7)6(12)3-11/h1-7,16H,8,14H2;1-2,11H,3,9H2. The summed E-state index contributed by atoms with van der Waals surface area (Å²) >= 11 is 3.09. The first-order valence-electron chi connectivity index (χ1n) is 8.37. The lowest BCUT2D eigenvalue weighted by molar-refractivity contribution is 0.0897. The van der Waals surface area contributed by atoms with Crippen LogP contribution in [0.1, 0.15) is 20.7 Å². The Labute approximate surface area is 175 Å². The van der Waals surface area contributed by atoms with Crippen molar-refractivity contribution in [3.05, 3.63) is 70.6 Å². The van der Waals surface area contributed by atoms with Gasteiger partial charge in [0.15, 0.2) is 11.6 Å². The lowest BCUT2D eigenvalue weighted by atomic mass is 10.1. The Bertz CT molecular complexity index is 1010. The van der Waals surface area contributed by atoms with Crippen molar-refractivity contribution >= 4 is 38.9 Å². The Morgan fingerprint density at radius 1 is 0.862 bits per heavy atom. The second-order valence-corrected chi connectivity index (χ2v) is 6.55. The van der Waals surface area contributed by atoms with Crippen molar-refractivity contribution < 1.29 is 19.8 Å². The molecular weight excluding hydrogens is 440 g/mol. The van der Waals surface area contributed by atoms with Crippen LogP contribution in [-0.2, 0) is 0 Å². The normalized spacial score (nSPS) is 10.0. The van der Waals surface area contributed by atoms with E-state index in [9.17, 15) is 9.59 Å². The Morgan fingerprint density at radius 2 is 1.38 bits per heavy atom. The SMILES string of the molecule is Nc1cc(C(=O)CO)cnc1-c1ccccc1.Nc1cc(C(=O)CO)cnc1Br. The monoisotopic (exact) mass is 458 g/mol. The molecule has 0 bridgehead atoms. The molecule has 0 aliphatic carbocycles. The molecule has 0 amide bonds. The number of aliphatic hydroxyl groups is 2. The molecule has 0 fully saturated rings. The highest BCUT2D eigenvalue weighted by atomic mass is 79.9. The Morgan fingerprint density at radius 3 is 1.86 bits per heavy atom. The zero-order valence-electron chi connectivity index (χ0n) is 15.2. The van der Waals surface area contributed by atoms with Crippen LogP contribution in [0.4, 0.5) is 11.4 Å². The minimum atomic E-state index is -0.536. The van der Waals surface area contributed by atoms with Crippen LogP contribution >= 0.6 is 15.9 Å². The summed E-state index contributed by atoms with van der Waals surface area (Å²) in [4.78, 5) is 30.2. The van der Waals surface area contributed by atoms with E-state index in [-0.39, 0.29) is 11.6 Å². The van der Waals surface area contributed by atoms with Crippen molar-refractivity contribution in [3.8, 4) is 11.3 Å². The smallest absolute Gasteiger partial charge is 0.189 e. The van der Waals surface area contributed by atoms with E-state index in [2.05, 4.69) is 25.9 Å². The molecule has 1 aromatic carbocycles. The number of Topliss-reactive ketones (excluding diaryl/α,β-unsaturated/α-hetero) is 2. The number of rotatable bonds is 5. The highest BCUT2D eigenvalue weighted by Crippen LogP contribution is 2.23. The van der Waals surface area contributed by atoms with Gasteiger partial charge in [-0.3, -0.25) is 14.6 Å². The van der Waals surface area contributed by atoms with Gasteiger partial charge in [-0.25, -0.2) is 4.98 Å². The van der Waals surface area contributed by atoms with E-state index in [1.165, 1.54) is 24.5 Å². The molecule has 3 rings (SSSR count). The van der Waals surface area contributed by atoms with Gasteiger partial charge in [0.05, 0.1) is 17.1 Å². The van der Waals surface area contributed by atoms with Gasteiger partial charge < -0.3 is 21.7 Å². The summed E-state index contributed by atoms with van der Waals surface area (Å²) in [6.45, 7) is -1.06. The minimum absolute atomic E-state index is 0.318. The molecule has 2 aromatic heterocycles. The number of nitrogens with zero attached hydrogens (tertiary/aromatic N) is 2. The van der Waals surface area contributed by atoms with Gasteiger partial charge in [0.25, 0.3) is 0 Å². The molecule has 9 heteroatoms. The van der Waals surface area contributed by atoms with E-state index in [1.54, 1.807) is 0 Å². The minimum Gasteiger partial charge on any atom is -0.397 e. The van der Waals surface area contributed by atoms with Crippen LogP contribution in [-0.4, -0.2) is 45.0 Å². The molecule has 0 radical (unpaired) electrons. The maximum absolute atomic E-state index is 11.3. The second-order valence-electron chi connectivity index (χ2n) is 5.79. The average molecular weight is 459 g/mol. The van der Waals surface area contributed by atoms with E-state index in [4.69, 9.17) is 21.7 Å². The van der Waals surface area contributed by atoms with Crippen molar-refractivity contribution in [2.45, 2.75) is 0 Å². The topological polar surface area (TPSA) is 152 Å². The van der Waals surface area contributed by atoms with Gasteiger partial charge in [-0.2, -0.15) is 0 Å². The number of hydrogen-bond acceptors (Lipinski definition) is 8. The summed E-state index contributed by atoms with van der Waals surface area (Å²) in [6, 6.07) is 12.5. The molecular formula is C20H19BrN4O4. The van der Waals surface area contributed by atoms with Crippen LogP contribution in [0.3, 0.4) is 0 Å². The third-order valence-corrected chi connectivity index (χ3v) is 4.42. The van der Waals surface area contributed by atoms with Crippen molar-refractivity contribution in [2.75, 3.05) is 24.7 Å². The summed E-state index contributed by atoms with van der Waals surface area (Å²) in [5.74, 6) is -0.773. The number of carbonyl (C=O) groups is 2. The fourth-order valence-electron chi connectivity index (χ4n) is 2.27. The number of benzene rings is 1. The first-order valence-corrected chi connectivity index (χ1v) is 9.16. The van der Waals surface area contributed by atoms with Gasteiger partial charge in [-0.15, -0.1) is 0 Å². The fraction of sp³-hybridized carbons (Fsp3) is 0.100. The van der Waals surface area contributed by atoms with Gasteiger partial charge in [0.2, 0.25) is 0 Å². The zero-order valence-corrected chi connectivity index (χ0v) is 16.8. The van der Waals surface area contributed by atoms with E-state index in [1.807, 2.05) is 30.3 Å². The Balaban J connectivity index is 0.000000221. The van der Waals surface area contributed by atoms with Crippen LogP contribution < -0.4 is 11.5 Å². The molecule has 0 saturated carbocycles. The summed E-state index contributed by atoms with van der Waals surface area (Å²) in [5.41, 5.74) is 14.3. The van der Waals surface area contributed by atoms with E-state index < -0.39 is 13.2 Å². The number of ketones is 2. The molecule has 2 heterocycles. The van der Waals surface area contributed by atoms with Crippen molar-refractivity contribution in [3.63, 3.8) is 0 Å². The number of carbonyl (C=O) groups excluding carboxylic acids is 2. The fourth-order valence-corrected chi connectivity index (χ4v) is 2.49. The molecule has 3 aromatic rings. The molecule has 0 aliphatic rings. The zero-order chi connectivity index (χ0) is 21.4. The number of hydrogen-bond donors (Lipinski definition) is 4. The molecule has 0 spiro atoms. The molecule has 0 atom stereocenters. The van der Waals surface area contributed by atoms with Crippen LogP contribution in [0.25, 0.3) is 11.3 Å². The quantitative estimate of drug-likeness (QED) is 0.334.